The molecule has 0 aromatic heterocycles. The molecule has 0 unspecified atom stereocenters. The zero-order valence-electron chi connectivity index (χ0n) is 13.8. The molecule has 1 heterocycles. The van der Waals surface area contributed by atoms with Gasteiger partial charge in [0.25, 0.3) is 0 Å². The summed E-state index contributed by atoms with van der Waals surface area (Å²) in [4.78, 5) is 4.70. The Hall–Kier alpha value is -0.880. The Kier molecular flexibility index (Phi) is 8.09. The molecule has 0 amide bonds. The number of nitrogens with one attached hydrogen (secondary N) is 1. The molecule has 2 rings (SSSR count). The molecule has 1 aliphatic heterocycles. The fourth-order valence-corrected chi connectivity index (χ4v) is 3.13. The Morgan fingerprint density at radius 1 is 1.30 bits per heavy atom. The lowest BCUT2D eigenvalue weighted by molar-refractivity contribution is 0.145. The second kappa shape index (κ2) is 10.1. The third kappa shape index (κ3) is 6.63. The van der Waals surface area contributed by atoms with Crippen molar-refractivity contribution in [3.8, 4) is 0 Å². The first-order valence-electron chi connectivity index (χ1n) is 8.26. The zero-order valence-corrected chi connectivity index (χ0v) is 15.3. The molecule has 1 N–H and O–H groups in total. The number of thiocarbonyl (C=S) groups is 1. The van der Waals surface area contributed by atoms with Crippen molar-refractivity contribution >= 4 is 28.9 Å². The van der Waals surface area contributed by atoms with Crippen LogP contribution in [0.15, 0.2) is 24.3 Å². The smallest absolute Gasteiger partial charge is 0.169 e. The van der Waals surface area contributed by atoms with Crippen molar-refractivity contribution in [1.82, 2.24) is 15.1 Å². The topological polar surface area (TPSA) is 27.7 Å². The number of ether oxygens (including phenoxy) is 1. The number of piperazine rings is 1. The van der Waals surface area contributed by atoms with Crippen LogP contribution in [0.2, 0.25) is 5.02 Å². The molecular formula is C17H26ClN3OS. The maximum Gasteiger partial charge on any atom is 0.169 e. The minimum Gasteiger partial charge on any atom is -0.382 e. The van der Waals surface area contributed by atoms with Crippen LogP contribution in [0.5, 0.6) is 0 Å². The first-order valence-corrected chi connectivity index (χ1v) is 9.05. The van der Waals surface area contributed by atoms with Gasteiger partial charge in [-0.2, -0.15) is 0 Å². The predicted molar refractivity (Wildman–Crippen MR) is 100 cm³/mol. The normalized spacial score (nSPS) is 15.7. The van der Waals surface area contributed by atoms with Crippen LogP contribution in [0.3, 0.4) is 0 Å². The largest absolute Gasteiger partial charge is 0.382 e. The van der Waals surface area contributed by atoms with Crippen molar-refractivity contribution in [3.05, 3.63) is 34.9 Å². The molecule has 1 aromatic rings. The van der Waals surface area contributed by atoms with E-state index in [0.717, 1.165) is 69.0 Å². The summed E-state index contributed by atoms with van der Waals surface area (Å²) in [5.74, 6) is 0. The predicted octanol–water partition coefficient (Wildman–Crippen LogP) is 2.76. The summed E-state index contributed by atoms with van der Waals surface area (Å²) < 4.78 is 5.33. The van der Waals surface area contributed by atoms with E-state index in [4.69, 9.17) is 28.6 Å². The number of benzene rings is 1. The molecule has 0 saturated carbocycles. The van der Waals surface area contributed by atoms with Gasteiger partial charge in [-0.05, 0) is 43.3 Å². The maximum absolute atomic E-state index is 6.05. The van der Waals surface area contributed by atoms with E-state index in [1.807, 2.05) is 25.1 Å². The van der Waals surface area contributed by atoms with Gasteiger partial charge in [-0.15, -0.1) is 0 Å². The van der Waals surface area contributed by atoms with Gasteiger partial charge in [0.1, 0.15) is 0 Å². The molecule has 128 valence electrons. The lowest BCUT2D eigenvalue weighted by Gasteiger charge is -2.36. The Bertz CT molecular complexity index is 492. The van der Waals surface area contributed by atoms with E-state index in [-0.39, 0.29) is 0 Å². The first-order chi connectivity index (χ1) is 11.2. The minimum atomic E-state index is 0.777. The zero-order chi connectivity index (χ0) is 16.5. The van der Waals surface area contributed by atoms with Gasteiger partial charge in [-0.25, -0.2) is 0 Å². The van der Waals surface area contributed by atoms with E-state index in [2.05, 4.69) is 21.2 Å². The Morgan fingerprint density at radius 2 is 2.09 bits per heavy atom. The lowest BCUT2D eigenvalue weighted by Crippen LogP contribution is -2.51. The van der Waals surface area contributed by atoms with Crippen molar-refractivity contribution in [1.29, 1.82) is 0 Å². The Balaban J connectivity index is 1.66. The highest BCUT2D eigenvalue weighted by atomic mass is 35.5. The van der Waals surface area contributed by atoms with Crippen LogP contribution in [-0.2, 0) is 11.3 Å². The van der Waals surface area contributed by atoms with Gasteiger partial charge in [0.15, 0.2) is 5.11 Å². The van der Waals surface area contributed by atoms with Gasteiger partial charge >= 0.3 is 0 Å². The third-order valence-electron chi connectivity index (χ3n) is 3.90. The maximum atomic E-state index is 6.05. The number of nitrogens with zero attached hydrogens (tertiary/aromatic N) is 2. The average molecular weight is 356 g/mol. The van der Waals surface area contributed by atoms with Gasteiger partial charge in [0.05, 0.1) is 0 Å². The van der Waals surface area contributed by atoms with Gasteiger partial charge in [0.2, 0.25) is 0 Å². The van der Waals surface area contributed by atoms with E-state index in [9.17, 15) is 0 Å². The van der Waals surface area contributed by atoms with Crippen LogP contribution < -0.4 is 5.32 Å². The lowest BCUT2D eigenvalue weighted by atomic mass is 10.2. The number of rotatable bonds is 7. The van der Waals surface area contributed by atoms with Crippen molar-refractivity contribution in [3.63, 3.8) is 0 Å². The fraction of sp³-hybridized carbons (Fsp3) is 0.588. The standard InChI is InChI=1S/C17H26ClN3OS/c1-2-22-12-4-7-19-17(23)21-10-8-20(9-11-21)14-15-5-3-6-16(18)13-15/h3,5-6,13H,2,4,7-12,14H2,1H3,(H,19,23). The molecule has 4 nitrogen and oxygen atoms in total. The van der Waals surface area contributed by atoms with Crippen LogP contribution in [0.1, 0.15) is 18.9 Å². The number of halogens is 1. The third-order valence-corrected chi connectivity index (χ3v) is 4.54. The highest BCUT2D eigenvalue weighted by Crippen LogP contribution is 2.14. The molecule has 0 aliphatic carbocycles. The summed E-state index contributed by atoms with van der Waals surface area (Å²) in [7, 11) is 0. The first kappa shape index (κ1) is 18.5. The Labute approximate surface area is 149 Å². The summed E-state index contributed by atoms with van der Waals surface area (Å²) in [5.41, 5.74) is 1.27. The van der Waals surface area contributed by atoms with E-state index < -0.39 is 0 Å². The summed E-state index contributed by atoms with van der Waals surface area (Å²) in [5, 5.41) is 4.99. The highest BCUT2D eigenvalue weighted by Gasteiger charge is 2.18. The average Bonchev–Trinajstić information content (AvgIpc) is 2.55. The van der Waals surface area contributed by atoms with Crippen molar-refractivity contribution in [2.24, 2.45) is 0 Å². The monoisotopic (exact) mass is 355 g/mol. The summed E-state index contributed by atoms with van der Waals surface area (Å²) in [6, 6.07) is 8.09. The fourth-order valence-electron chi connectivity index (χ4n) is 2.63. The number of hydrogen-bond acceptors (Lipinski definition) is 3. The van der Waals surface area contributed by atoms with Crippen molar-refractivity contribution < 1.29 is 4.74 Å². The molecule has 0 radical (unpaired) electrons. The second-order valence-corrected chi connectivity index (χ2v) is 6.50. The van der Waals surface area contributed by atoms with Crippen molar-refractivity contribution in [2.45, 2.75) is 19.9 Å². The molecule has 0 bridgehead atoms. The van der Waals surface area contributed by atoms with E-state index >= 15 is 0 Å². The highest BCUT2D eigenvalue weighted by molar-refractivity contribution is 7.80. The minimum absolute atomic E-state index is 0.777. The van der Waals surface area contributed by atoms with E-state index in [1.165, 1.54) is 5.56 Å². The van der Waals surface area contributed by atoms with Gasteiger partial charge in [-0.1, -0.05) is 23.7 Å². The van der Waals surface area contributed by atoms with Crippen LogP contribution in [-0.4, -0.2) is 60.8 Å². The molecule has 1 aromatic carbocycles. The van der Waals surface area contributed by atoms with Gasteiger partial charge in [-0.3, -0.25) is 4.90 Å². The summed E-state index contributed by atoms with van der Waals surface area (Å²) in [6.07, 6.45) is 0.989. The quantitative estimate of drug-likeness (QED) is 0.599. The molecule has 1 saturated heterocycles. The van der Waals surface area contributed by atoms with E-state index in [1.54, 1.807) is 0 Å². The van der Waals surface area contributed by atoms with Gasteiger partial charge in [0, 0.05) is 57.5 Å². The van der Waals surface area contributed by atoms with Crippen LogP contribution in [0.25, 0.3) is 0 Å². The SMILES string of the molecule is CCOCCCNC(=S)N1CCN(Cc2cccc(Cl)c2)CC1. The summed E-state index contributed by atoms with van der Waals surface area (Å²) >= 11 is 11.5. The second-order valence-electron chi connectivity index (χ2n) is 5.68. The molecule has 23 heavy (non-hydrogen) atoms. The Morgan fingerprint density at radius 3 is 2.78 bits per heavy atom. The molecule has 1 fully saturated rings. The molecule has 1 aliphatic rings. The van der Waals surface area contributed by atoms with Crippen LogP contribution in [0, 0.1) is 0 Å². The number of hydrogen-bond donors (Lipinski definition) is 1. The van der Waals surface area contributed by atoms with Crippen molar-refractivity contribution in [2.75, 3.05) is 45.9 Å². The summed E-state index contributed by atoms with van der Waals surface area (Å²) in [6.45, 7) is 9.39. The molecule has 6 heteroatoms. The molecular weight excluding hydrogens is 330 g/mol. The van der Waals surface area contributed by atoms with Crippen LogP contribution in [0.4, 0.5) is 0 Å². The van der Waals surface area contributed by atoms with Gasteiger partial charge < -0.3 is 15.0 Å². The van der Waals surface area contributed by atoms with E-state index in [0.29, 0.717) is 0 Å². The molecule has 0 atom stereocenters. The van der Waals surface area contributed by atoms with Crippen LogP contribution >= 0.6 is 23.8 Å². The molecule has 0 spiro atoms.